The van der Waals surface area contributed by atoms with Crippen molar-refractivity contribution in [3.05, 3.63) is 52.5 Å². The Bertz CT molecular complexity index is 884. The number of carbonyl (C=O) groups excluding carboxylic acids is 1. The molecule has 5 nitrogen and oxygen atoms in total. The summed E-state index contributed by atoms with van der Waals surface area (Å²) in [6.45, 7) is 5.89. The third kappa shape index (κ3) is 4.11. The van der Waals surface area contributed by atoms with Crippen LogP contribution in [0.2, 0.25) is 0 Å². The van der Waals surface area contributed by atoms with Crippen molar-refractivity contribution in [3.63, 3.8) is 0 Å². The molecule has 0 saturated heterocycles. The van der Waals surface area contributed by atoms with Gasteiger partial charge in [0.2, 0.25) is 11.8 Å². The van der Waals surface area contributed by atoms with E-state index < -0.39 is 0 Å². The second kappa shape index (κ2) is 7.14. The van der Waals surface area contributed by atoms with Gasteiger partial charge in [0.1, 0.15) is 5.82 Å². The highest BCUT2D eigenvalue weighted by Crippen LogP contribution is 2.34. The van der Waals surface area contributed by atoms with E-state index in [1.54, 1.807) is 12.1 Å². The molecule has 0 spiro atoms. The van der Waals surface area contributed by atoms with Crippen LogP contribution >= 0.6 is 11.3 Å². The Balaban J connectivity index is 1.71. The van der Waals surface area contributed by atoms with Crippen LogP contribution in [0.25, 0.3) is 10.8 Å². The number of hydrogen-bond donors (Lipinski definition) is 1. The molecule has 1 N–H and O–H groups in total. The fourth-order valence-electron chi connectivity index (χ4n) is 2.26. The third-order valence-electron chi connectivity index (χ3n) is 3.62. The lowest BCUT2D eigenvalue weighted by molar-refractivity contribution is -0.115. The van der Waals surface area contributed by atoms with Crippen molar-refractivity contribution in [2.75, 3.05) is 5.32 Å². The normalized spacial score (nSPS) is 11.1. The van der Waals surface area contributed by atoms with Crippen molar-refractivity contribution in [2.45, 2.75) is 33.1 Å². The first-order valence-electron chi connectivity index (χ1n) is 7.91. The molecule has 0 aliphatic carbocycles. The minimum Gasteiger partial charge on any atom is -0.420 e. The van der Waals surface area contributed by atoms with Gasteiger partial charge >= 0.3 is 0 Å². The number of amides is 1. The molecule has 0 atom stereocenters. The van der Waals surface area contributed by atoms with Gasteiger partial charge in [-0.2, -0.15) is 0 Å². The predicted octanol–water partition coefficient (Wildman–Crippen LogP) is 4.55. The maximum absolute atomic E-state index is 12.9. The van der Waals surface area contributed by atoms with E-state index in [2.05, 4.69) is 15.5 Å². The molecule has 0 unspecified atom stereocenters. The van der Waals surface area contributed by atoms with Crippen LogP contribution in [-0.2, 0) is 11.2 Å². The summed E-state index contributed by atoms with van der Waals surface area (Å²) >= 11 is 1.48. The van der Waals surface area contributed by atoms with Crippen molar-refractivity contribution < 1.29 is 13.6 Å². The quantitative estimate of drug-likeness (QED) is 0.726. The Kier molecular flexibility index (Phi) is 4.94. The summed E-state index contributed by atoms with van der Waals surface area (Å²) in [6.07, 6.45) is 0.183. The van der Waals surface area contributed by atoms with E-state index in [9.17, 15) is 9.18 Å². The van der Waals surface area contributed by atoms with Gasteiger partial charge in [-0.1, -0.05) is 26.0 Å². The molecule has 0 fully saturated rings. The predicted molar refractivity (Wildman–Crippen MR) is 95.2 cm³/mol. The van der Waals surface area contributed by atoms with Crippen LogP contribution in [0.5, 0.6) is 0 Å². The zero-order valence-corrected chi connectivity index (χ0v) is 15.0. The lowest BCUT2D eigenvalue weighted by atomic mass is 10.1. The first kappa shape index (κ1) is 17.3. The maximum Gasteiger partial charge on any atom is 0.257 e. The molecule has 0 saturated carbocycles. The van der Waals surface area contributed by atoms with Crippen molar-refractivity contribution in [3.8, 4) is 10.8 Å². The number of nitrogens with one attached hydrogen (secondary N) is 1. The minimum absolute atomic E-state index is 0.160. The first-order valence-corrected chi connectivity index (χ1v) is 8.72. The molecule has 3 rings (SSSR count). The highest BCUT2D eigenvalue weighted by molar-refractivity contribution is 7.15. The molecule has 3 aromatic rings. The number of anilines is 1. The van der Waals surface area contributed by atoms with Gasteiger partial charge in [0.05, 0.1) is 17.0 Å². The number of halogens is 1. The van der Waals surface area contributed by atoms with Crippen LogP contribution in [0, 0.1) is 12.7 Å². The molecular formula is C18H18FN3O2S. The molecule has 7 heteroatoms. The molecular weight excluding hydrogens is 341 g/mol. The second-order valence-electron chi connectivity index (χ2n) is 6.03. The number of carbonyl (C=O) groups is 1. The van der Waals surface area contributed by atoms with Crippen LogP contribution in [0.15, 0.2) is 34.7 Å². The summed E-state index contributed by atoms with van der Waals surface area (Å²) in [7, 11) is 0. The fourth-order valence-corrected chi connectivity index (χ4v) is 3.16. The van der Waals surface area contributed by atoms with Crippen LogP contribution in [-0.4, -0.2) is 16.1 Å². The average molecular weight is 359 g/mol. The lowest BCUT2D eigenvalue weighted by Gasteiger charge is -2.04. The summed E-state index contributed by atoms with van der Waals surface area (Å²) in [4.78, 5) is 14.0. The lowest BCUT2D eigenvalue weighted by Crippen LogP contribution is -2.14. The van der Waals surface area contributed by atoms with Gasteiger partial charge < -0.3 is 9.73 Å². The topological polar surface area (TPSA) is 68.0 Å². The Morgan fingerprint density at radius 2 is 2.00 bits per heavy atom. The van der Waals surface area contributed by atoms with Crippen LogP contribution in [0.4, 0.5) is 10.1 Å². The molecule has 25 heavy (non-hydrogen) atoms. The fraction of sp³-hybridized carbons (Fsp3) is 0.278. The van der Waals surface area contributed by atoms with Crippen molar-refractivity contribution in [1.29, 1.82) is 0 Å². The van der Waals surface area contributed by atoms with Gasteiger partial charge in [-0.25, -0.2) is 4.39 Å². The maximum atomic E-state index is 12.9. The standard InChI is InChI=1S/C18H18FN3O2S/c1-10(2)17-21-22-18(24-17)15-9-14(11(3)25-15)20-16(23)8-12-4-6-13(19)7-5-12/h4-7,9-10H,8H2,1-3H3,(H,20,23). The van der Waals surface area contributed by atoms with E-state index in [0.717, 1.165) is 21.0 Å². The summed E-state index contributed by atoms with van der Waals surface area (Å²) < 4.78 is 18.6. The van der Waals surface area contributed by atoms with E-state index in [1.807, 2.05) is 26.8 Å². The van der Waals surface area contributed by atoms with Crippen molar-refractivity contribution in [1.82, 2.24) is 10.2 Å². The number of rotatable bonds is 5. The number of benzene rings is 1. The van der Waals surface area contributed by atoms with Gasteiger partial charge in [-0.05, 0) is 30.7 Å². The molecule has 0 radical (unpaired) electrons. The van der Waals surface area contributed by atoms with Gasteiger partial charge in [0.15, 0.2) is 0 Å². The number of nitrogens with zero attached hydrogens (tertiary/aromatic N) is 2. The smallest absolute Gasteiger partial charge is 0.257 e. The van der Waals surface area contributed by atoms with Crippen molar-refractivity contribution in [2.24, 2.45) is 0 Å². The highest BCUT2D eigenvalue weighted by atomic mass is 32.1. The summed E-state index contributed by atoms with van der Waals surface area (Å²) in [6, 6.07) is 7.73. The van der Waals surface area contributed by atoms with Gasteiger partial charge in [0.25, 0.3) is 5.89 Å². The monoisotopic (exact) mass is 359 g/mol. The van der Waals surface area contributed by atoms with Crippen LogP contribution in [0.1, 0.15) is 36.1 Å². The summed E-state index contributed by atoms with van der Waals surface area (Å²) in [5.74, 6) is 0.728. The second-order valence-corrected chi connectivity index (χ2v) is 7.29. The molecule has 2 heterocycles. The van der Waals surface area contributed by atoms with E-state index >= 15 is 0 Å². The summed E-state index contributed by atoms with van der Waals surface area (Å²) in [5, 5.41) is 11.0. The Labute approximate surface area is 148 Å². The Morgan fingerprint density at radius 3 is 2.64 bits per heavy atom. The van der Waals surface area contributed by atoms with Gasteiger partial charge in [0, 0.05) is 10.8 Å². The first-order chi connectivity index (χ1) is 11.9. The average Bonchev–Trinajstić information content (AvgIpc) is 3.17. The number of aryl methyl sites for hydroxylation is 1. The molecule has 0 bridgehead atoms. The molecule has 130 valence electrons. The number of aromatic nitrogens is 2. The van der Waals surface area contributed by atoms with Crippen molar-refractivity contribution >= 4 is 22.9 Å². The zero-order valence-electron chi connectivity index (χ0n) is 14.2. The molecule has 1 amide bonds. The third-order valence-corrected chi connectivity index (χ3v) is 4.65. The zero-order chi connectivity index (χ0) is 18.0. The number of thiophene rings is 1. The Morgan fingerprint density at radius 1 is 1.28 bits per heavy atom. The largest absolute Gasteiger partial charge is 0.420 e. The molecule has 0 aliphatic rings. The van der Waals surface area contributed by atoms with E-state index in [1.165, 1.54) is 23.5 Å². The van der Waals surface area contributed by atoms with E-state index in [-0.39, 0.29) is 24.1 Å². The van der Waals surface area contributed by atoms with Gasteiger partial charge in [-0.3, -0.25) is 4.79 Å². The minimum atomic E-state index is -0.317. The number of hydrogen-bond acceptors (Lipinski definition) is 5. The van der Waals surface area contributed by atoms with Crippen LogP contribution < -0.4 is 5.32 Å². The Hall–Kier alpha value is -2.54. The SMILES string of the molecule is Cc1sc(-c2nnc(C(C)C)o2)cc1NC(=O)Cc1ccc(F)cc1. The molecule has 0 aliphatic heterocycles. The van der Waals surface area contributed by atoms with E-state index in [4.69, 9.17) is 4.42 Å². The van der Waals surface area contributed by atoms with Gasteiger partial charge in [-0.15, -0.1) is 21.5 Å². The summed E-state index contributed by atoms with van der Waals surface area (Å²) in [5.41, 5.74) is 1.47. The van der Waals surface area contributed by atoms with E-state index in [0.29, 0.717) is 11.8 Å². The van der Waals surface area contributed by atoms with Crippen LogP contribution in [0.3, 0.4) is 0 Å². The highest BCUT2D eigenvalue weighted by Gasteiger charge is 2.16. The molecule has 2 aromatic heterocycles. The molecule has 1 aromatic carbocycles.